The summed E-state index contributed by atoms with van der Waals surface area (Å²) in [6, 6.07) is 0.375. The maximum Gasteiger partial charge on any atom is 0.236 e. The number of hydrogen-bond acceptors (Lipinski definition) is 4. The van der Waals surface area contributed by atoms with E-state index in [4.69, 9.17) is 4.74 Å². The standard InChI is InChI=1S/C14H29N3O2/c1-12(2)9-13(11-16(3)4)15-10-14(18)17-5-7-19-8-6-17/h12-13,15H,5-11H2,1-4H3. The van der Waals surface area contributed by atoms with Crippen LogP contribution < -0.4 is 5.32 Å². The fraction of sp³-hybridized carbons (Fsp3) is 0.929. The Hall–Kier alpha value is -0.650. The average molecular weight is 271 g/mol. The van der Waals surface area contributed by atoms with E-state index in [-0.39, 0.29) is 5.91 Å². The van der Waals surface area contributed by atoms with Crippen molar-refractivity contribution >= 4 is 5.91 Å². The van der Waals surface area contributed by atoms with Crippen LogP contribution in [0.1, 0.15) is 20.3 Å². The molecule has 0 saturated carbocycles. The molecular formula is C14H29N3O2. The number of likely N-dealkylation sites (N-methyl/N-ethyl adjacent to an activating group) is 1. The molecule has 0 aromatic carbocycles. The number of ether oxygens (including phenoxy) is 1. The summed E-state index contributed by atoms with van der Waals surface area (Å²) in [6.07, 6.45) is 1.09. The van der Waals surface area contributed by atoms with E-state index >= 15 is 0 Å². The minimum absolute atomic E-state index is 0.191. The first kappa shape index (κ1) is 16.4. The summed E-state index contributed by atoms with van der Waals surface area (Å²) >= 11 is 0. The molecule has 1 atom stereocenters. The lowest BCUT2D eigenvalue weighted by Crippen LogP contribution is -2.48. The van der Waals surface area contributed by atoms with Gasteiger partial charge in [-0.15, -0.1) is 0 Å². The van der Waals surface area contributed by atoms with Gasteiger partial charge in [0, 0.05) is 25.7 Å². The normalized spacial score (nSPS) is 18.1. The highest BCUT2D eigenvalue weighted by molar-refractivity contribution is 5.78. The number of nitrogens with zero attached hydrogens (tertiary/aromatic N) is 2. The molecule has 1 fully saturated rings. The second kappa shape index (κ2) is 8.51. The quantitative estimate of drug-likeness (QED) is 0.728. The Morgan fingerprint density at radius 1 is 1.32 bits per heavy atom. The predicted octanol–water partition coefficient (Wildman–Crippen LogP) is 0.411. The zero-order chi connectivity index (χ0) is 14.3. The Balaban J connectivity index is 2.34. The van der Waals surface area contributed by atoms with Gasteiger partial charge in [-0.05, 0) is 26.4 Å². The molecule has 0 aromatic rings. The molecular weight excluding hydrogens is 242 g/mol. The zero-order valence-electron chi connectivity index (χ0n) is 12.8. The van der Waals surface area contributed by atoms with Crippen molar-refractivity contribution in [3.05, 3.63) is 0 Å². The molecule has 0 aliphatic carbocycles. The smallest absolute Gasteiger partial charge is 0.236 e. The van der Waals surface area contributed by atoms with Crippen molar-refractivity contribution in [3.8, 4) is 0 Å². The Kier molecular flexibility index (Phi) is 7.34. The van der Waals surface area contributed by atoms with Gasteiger partial charge in [0.1, 0.15) is 0 Å². The van der Waals surface area contributed by atoms with Gasteiger partial charge in [0.15, 0.2) is 0 Å². The number of carbonyl (C=O) groups is 1. The SMILES string of the molecule is CC(C)CC(CN(C)C)NCC(=O)N1CCOCC1. The Labute approximate surface area is 117 Å². The van der Waals surface area contributed by atoms with Crippen molar-refractivity contribution in [1.82, 2.24) is 15.1 Å². The van der Waals surface area contributed by atoms with Crippen LogP contribution in [0.3, 0.4) is 0 Å². The lowest BCUT2D eigenvalue weighted by atomic mass is 10.0. The monoisotopic (exact) mass is 271 g/mol. The lowest BCUT2D eigenvalue weighted by Gasteiger charge is -2.29. The molecule has 0 radical (unpaired) electrons. The molecule has 112 valence electrons. The van der Waals surface area contributed by atoms with E-state index in [2.05, 4.69) is 38.2 Å². The molecule has 5 heteroatoms. The van der Waals surface area contributed by atoms with Crippen LogP contribution in [0.5, 0.6) is 0 Å². The van der Waals surface area contributed by atoms with Crippen molar-refractivity contribution in [3.63, 3.8) is 0 Å². The summed E-state index contributed by atoms with van der Waals surface area (Å²) in [4.78, 5) is 16.1. The Morgan fingerprint density at radius 3 is 2.47 bits per heavy atom. The molecule has 1 unspecified atom stereocenters. The first-order chi connectivity index (χ1) is 8.99. The molecule has 1 rings (SSSR count). The van der Waals surface area contributed by atoms with Gasteiger partial charge in [0.25, 0.3) is 0 Å². The molecule has 0 aromatic heterocycles. The summed E-state index contributed by atoms with van der Waals surface area (Å²) in [7, 11) is 4.14. The van der Waals surface area contributed by atoms with Gasteiger partial charge in [-0.3, -0.25) is 4.79 Å². The van der Waals surface area contributed by atoms with Crippen LogP contribution in [0.15, 0.2) is 0 Å². The first-order valence-electron chi connectivity index (χ1n) is 7.22. The molecule has 0 bridgehead atoms. The second-order valence-electron chi connectivity index (χ2n) is 5.96. The molecule has 0 spiro atoms. The summed E-state index contributed by atoms with van der Waals surface area (Å²) in [5.74, 6) is 0.826. The van der Waals surface area contributed by atoms with Crippen LogP contribution in [0.25, 0.3) is 0 Å². The molecule has 1 aliphatic rings. The minimum atomic E-state index is 0.191. The molecule has 19 heavy (non-hydrogen) atoms. The Bertz CT molecular complexity index is 253. The van der Waals surface area contributed by atoms with Gasteiger partial charge >= 0.3 is 0 Å². The molecule has 1 N–H and O–H groups in total. The van der Waals surface area contributed by atoms with Gasteiger partial charge < -0.3 is 19.9 Å². The van der Waals surface area contributed by atoms with E-state index < -0.39 is 0 Å². The number of nitrogens with one attached hydrogen (secondary N) is 1. The number of hydrogen-bond donors (Lipinski definition) is 1. The summed E-state index contributed by atoms with van der Waals surface area (Å²) in [5.41, 5.74) is 0. The van der Waals surface area contributed by atoms with E-state index in [1.807, 2.05) is 4.90 Å². The molecule has 1 amide bonds. The van der Waals surface area contributed by atoms with E-state index in [0.717, 1.165) is 26.1 Å². The predicted molar refractivity (Wildman–Crippen MR) is 77.2 cm³/mol. The van der Waals surface area contributed by atoms with Crippen molar-refractivity contribution in [2.45, 2.75) is 26.3 Å². The lowest BCUT2D eigenvalue weighted by molar-refractivity contribution is -0.134. The maximum atomic E-state index is 12.1. The van der Waals surface area contributed by atoms with Gasteiger partial charge in [0.2, 0.25) is 5.91 Å². The van der Waals surface area contributed by atoms with Crippen LogP contribution >= 0.6 is 0 Å². The number of amides is 1. The summed E-state index contributed by atoms with van der Waals surface area (Å²) in [5, 5.41) is 3.41. The highest BCUT2D eigenvalue weighted by atomic mass is 16.5. The first-order valence-corrected chi connectivity index (χ1v) is 7.22. The van der Waals surface area contributed by atoms with Crippen LogP contribution in [-0.4, -0.2) is 75.2 Å². The summed E-state index contributed by atoms with van der Waals surface area (Å²) in [6.45, 7) is 8.62. The van der Waals surface area contributed by atoms with Gasteiger partial charge in [-0.1, -0.05) is 13.8 Å². The van der Waals surface area contributed by atoms with Gasteiger partial charge in [-0.25, -0.2) is 0 Å². The minimum Gasteiger partial charge on any atom is -0.378 e. The van der Waals surface area contributed by atoms with E-state index in [9.17, 15) is 4.79 Å². The average Bonchev–Trinajstić information content (AvgIpc) is 2.35. The van der Waals surface area contributed by atoms with E-state index in [0.29, 0.717) is 31.7 Å². The third-order valence-corrected chi connectivity index (χ3v) is 3.25. The largest absolute Gasteiger partial charge is 0.378 e. The van der Waals surface area contributed by atoms with Crippen LogP contribution in [0.2, 0.25) is 0 Å². The second-order valence-corrected chi connectivity index (χ2v) is 5.96. The van der Waals surface area contributed by atoms with Gasteiger partial charge in [0.05, 0.1) is 19.8 Å². The van der Waals surface area contributed by atoms with Crippen molar-refractivity contribution in [2.75, 3.05) is 53.5 Å². The van der Waals surface area contributed by atoms with Crippen molar-refractivity contribution < 1.29 is 9.53 Å². The van der Waals surface area contributed by atoms with Crippen LogP contribution in [0, 0.1) is 5.92 Å². The Morgan fingerprint density at radius 2 is 1.95 bits per heavy atom. The highest BCUT2D eigenvalue weighted by Gasteiger charge is 2.18. The molecule has 5 nitrogen and oxygen atoms in total. The van der Waals surface area contributed by atoms with Crippen LogP contribution in [0.4, 0.5) is 0 Å². The third kappa shape index (κ3) is 6.89. The van der Waals surface area contributed by atoms with E-state index in [1.54, 1.807) is 0 Å². The topological polar surface area (TPSA) is 44.8 Å². The summed E-state index contributed by atoms with van der Waals surface area (Å²) < 4.78 is 5.26. The zero-order valence-corrected chi connectivity index (χ0v) is 12.8. The fourth-order valence-electron chi connectivity index (χ4n) is 2.39. The maximum absolute atomic E-state index is 12.1. The van der Waals surface area contributed by atoms with E-state index in [1.165, 1.54) is 0 Å². The number of rotatable bonds is 7. The van der Waals surface area contributed by atoms with Crippen molar-refractivity contribution in [2.24, 2.45) is 5.92 Å². The third-order valence-electron chi connectivity index (χ3n) is 3.25. The number of morpholine rings is 1. The number of carbonyl (C=O) groups excluding carboxylic acids is 1. The van der Waals surface area contributed by atoms with Crippen molar-refractivity contribution in [1.29, 1.82) is 0 Å². The van der Waals surface area contributed by atoms with Crippen LogP contribution in [-0.2, 0) is 9.53 Å². The molecule has 1 saturated heterocycles. The van der Waals surface area contributed by atoms with Gasteiger partial charge in [-0.2, -0.15) is 0 Å². The highest BCUT2D eigenvalue weighted by Crippen LogP contribution is 2.06. The molecule has 1 aliphatic heterocycles. The molecule has 1 heterocycles. The fourth-order valence-corrected chi connectivity index (χ4v) is 2.39.